The Morgan fingerprint density at radius 2 is 1.45 bits per heavy atom. The van der Waals surface area contributed by atoms with Gasteiger partial charge in [-0.2, -0.15) is 10.2 Å². The van der Waals surface area contributed by atoms with Crippen LogP contribution < -0.4 is 10.2 Å². The molecule has 3 aromatic rings. The number of amides is 1. The monoisotopic (exact) mass is 390 g/mol. The molecule has 0 atom stereocenters. The fourth-order valence-electron chi connectivity index (χ4n) is 2.58. The molecule has 0 radical (unpaired) electrons. The number of aromatic hydroxyl groups is 2. The molecule has 0 bridgehead atoms. The maximum absolute atomic E-state index is 12.3. The van der Waals surface area contributed by atoms with Crippen molar-refractivity contribution < 1.29 is 15.0 Å². The van der Waals surface area contributed by atoms with Gasteiger partial charge in [0, 0.05) is 31.9 Å². The predicted molar refractivity (Wildman–Crippen MR) is 112 cm³/mol. The first-order chi connectivity index (χ1) is 13.9. The fourth-order valence-corrected chi connectivity index (χ4v) is 2.58. The van der Waals surface area contributed by atoms with Crippen LogP contribution in [0.4, 0.5) is 17.1 Å². The molecule has 148 valence electrons. The minimum absolute atomic E-state index is 0.196. The van der Waals surface area contributed by atoms with E-state index in [-0.39, 0.29) is 24.0 Å². The van der Waals surface area contributed by atoms with Crippen LogP contribution in [0, 0.1) is 0 Å². The number of anilines is 1. The molecule has 29 heavy (non-hydrogen) atoms. The Morgan fingerprint density at radius 1 is 0.862 bits per heavy atom. The predicted octanol–water partition coefficient (Wildman–Crippen LogP) is 4.51. The lowest BCUT2D eigenvalue weighted by Crippen LogP contribution is -2.22. The maximum Gasteiger partial charge on any atom is 0.251 e. The third kappa shape index (κ3) is 5.32. The number of hydrogen-bond acceptors (Lipinski definition) is 6. The van der Waals surface area contributed by atoms with Gasteiger partial charge in [0.2, 0.25) is 0 Å². The van der Waals surface area contributed by atoms with Gasteiger partial charge in [0.15, 0.2) is 11.5 Å². The summed E-state index contributed by atoms with van der Waals surface area (Å²) in [5.41, 5.74) is 3.64. The van der Waals surface area contributed by atoms with Crippen LogP contribution in [0.5, 0.6) is 11.5 Å². The lowest BCUT2D eigenvalue weighted by atomic mass is 10.1. The second kappa shape index (κ2) is 8.88. The summed E-state index contributed by atoms with van der Waals surface area (Å²) in [6, 6.07) is 18.9. The Hall–Kier alpha value is -3.87. The summed E-state index contributed by atoms with van der Waals surface area (Å²) in [7, 11) is 3.95. The molecule has 7 nitrogen and oxygen atoms in total. The van der Waals surface area contributed by atoms with E-state index < -0.39 is 0 Å². The van der Waals surface area contributed by atoms with Crippen LogP contribution in [-0.4, -0.2) is 30.2 Å². The molecule has 0 saturated carbocycles. The Bertz CT molecular complexity index is 1010. The van der Waals surface area contributed by atoms with E-state index in [1.54, 1.807) is 30.3 Å². The molecular weight excluding hydrogens is 368 g/mol. The summed E-state index contributed by atoms with van der Waals surface area (Å²) < 4.78 is 0. The fraction of sp³-hybridized carbons (Fsp3) is 0.136. The Kier molecular flexibility index (Phi) is 6.09. The first-order valence-corrected chi connectivity index (χ1v) is 9.00. The van der Waals surface area contributed by atoms with E-state index in [0.29, 0.717) is 16.8 Å². The van der Waals surface area contributed by atoms with Gasteiger partial charge >= 0.3 is 0 Å². The van der Waals surface area contributed by atoms with Crippen LogP contribution in [0.2, 0.25) is 0 Å². The first-order valence-electron chi connectivity index (χ1n) is 9.00. The molecule has 0 aliphatic carbocycles. The zero-order valence-corrected chi connectivity index (χ0v) is 16.2. The summed E-state index contributed by atoms with van der Waals surface area (Å²) in [6.07, 6.45) is 0. The van der Waals surface area contributed by atoms with Crippen molar-refractivity contribution in [3.8, 4) is 11.5 Å². The second-order valence-electron chi connectivity index (χ2n) is 6.66. The minimum atomic E-state index is -0.250. The van der Waals surface area contributed by atoms with Crippen LogP contribution in [-0.2, 0) is 6.54 Å². The number of rotatable bonds is 6. The maximum atomic E-state index is 12.3. The molecule has 0 aromatic heterocycles. The van der Waals surface area contributed by atoms with Gasteiger partial charge in [-0.15, -0.1) is 0 Å². The third-order valence-corrected chi connectivity index (χ3v) is 4.27. The summed E-state index contributed by atoms with van der Waals surface area (Å²) in [6.45, 7) is 0.233. The summed E-state index contributed by atoms with van der Waals surface area (Å²) in [4.78, 5) is 14.3. The number of carbonyl (C=O) groups is 1. The molecule has 3 rings (SSSR count). The van der Waals surface area contributed by atoms with Crippen molar-refractivity contribution in [1.29, 1.82) is 0 Å². The highest BCUT2D eigenvalue weighted by Crippen LogP contribution is 2.25. The van der Waals surface area contributed by atoms with Crippen LogP contribution in [0.25, 0.3) is 0 Å². The van der Waals surface area contributed by atoms with Gasteiger partial charge in [-0.1, -0.05) is 6.07 Å². The molecular formula is C22H22N4O3. The molecule has 0 fully saturated rings. The highest BCUT2D eigenvalue weighted by atomic mass is 16.3. The number of phenolic OH excluding ortho intramolecular Hbond substituents is 2. The third-order valence-electron chi connectivity index (χ3n) is 4.27. The molecule has 0 aliphatic rings. The molecule has 3 aromatic carbocycles. The minimum Gasteiger partial charge on any atom is -0.504 e. The van der Waals surface area contributed by atoms with E-state index >= 15 is 0 Å². The molecule has 7 heteroatoms. The molecule has 0 unspecified atom stereocenters. The van der Waals surface area contributed by atoms with Gasteiger partial charge in [0.1, 0.15) is 0 Å². The van der Waals surface area contributed by atoms with Gasteiger partial charge in [-0.05, 0) is 66.2 Å². The van der Waals surface area contributed by atoms with Crippen LogP contribution in [0.1, 0.15) is 15.9 Å². The van der Waals surface area contributed by atoms with Crippen LogP contribution >= 0.6 is 0 Å². The van der Waals surface area contributed by atoms with Gasteiger partial charge in [-0.3, -0.25) is 4.79 Å². The van der Waals surface area contributed by atoms with E-state index in [1.165, 1.54) is 12.1 Å². The van der Waals surface area contributed by atoms with E-state index in [2.05, 4.69) is 15.5 Å². The number of carbonyl (C=O) groups excluding carboxylic acids is 1. The van der Waals surface area contributed by atoms with Gasteiger partial charge < -0.3 is 20.4 Å². The quantitative estimate of drug-likeness (QED) is 0.426. The SMILES string of the molecule is CN(C)c1ccc(/N=N/c2ccc(C(=O)NCc3ccc(O)c(O)c3)cc2)cc1. The smallest absolute Gasteiger partial charge is 0.251 e. The van der Waals surface area contributed by atoms with Crippen molar-refractivity contribution in [2.45, 2.75) is 6.54 Å². The largest absolute Gasteiger partial charge is 0.504 e. The summed E-state index contributed by atoms with van der Waals surface area (Å²) in [5, 5.41) is 30.0. The highest BCUT2D eigenvalue weighted by Gasteiger charge is 2.07. The molecule has 0 saturated heterocycles. The molecule has 0 heterocycles. The van der Waals surface area contributed by atoms with E-state index in [4.69, 9.17) is 0 Å². The highest BCUT2D eigenvalue weighted by molar-refractivity contribution is 5.94. The number of benzene rings is 3. The number of nitrogens with one attached hydrogen (secondary N) is 1. The van der Waals surface area contributed by atoms with E-state index in [1.807, 2.05) is 43.3 Å². The molecule has 0 aliphatic heterocycles. The zero-order chi connectivity index (χ0) is 20.8. The van der Waals surface area contributed by atoms with Crippen molar-refractivity contribution in [3.05, 3.63) is 77.9 Å². The molecule has 0 spiro atoms. The van der Waals surface area contributed by atoms with Gasteiger partial charge in [0.25, 0.3) is 5.91 Å². The van der Waals surface area contributed by atoms with Crippen LogP contribution in [0.15, 0.2) is 77.0 Å². The van der Waals surface area contributed by atoms with Crippen molar-refractivity contribution in [2.75, 3.05) is 19.0 Å². The van der Waals surface area contributed by atoms with E-state index in [9.17, 15) is 15.0 Å². The molecule has 1 amide bonds. The average Bonchev–Trinajstić information content (AvgIpc) is 2.73. The Morgan fingerprint density at radius 3 is 2.00 bits per heavy atom. The number of hydrogen-bond donors (Lipinski definition) is 3. The number of azo groups is 1. The Labute approximate surface area is 169 Å². The van der Waals surface area contributed by atoms with Crippen LogP contribution in [0.3, 0.4) is 0 Å². The lowest BCUT2D eigenvalue weighted by molar-refractivity contribution is 0.0951. The van der Waals surface area contributed by atoms with Gasteiger partial charge in [0.05, 0.1) is 11.4 Å². The first kappa shape index (κ1) is 19.9. The van der Waals surface area contributed by atoms with Crippen molar-refractivity contribution in [1.82, 2.24) is 5.32 Å². The zero-order valence-electron chi connectivity index (χ0n) is 16.2. The van der Waals surface area contributed by atoms with Crippen molar-refractivity contribution >= 4 is 23.0 Å². The Balaban J connectivity index is 1.58. The number of nitrogens with zero attached hydrogens (tertiary/aromatic N) is 3. The summed E-state index contributed by atoms with van der Waals surface area (Å²) in [5.74, 6) is -0.665. The number of phenols is 2. The van der Waals surface area contributed by atoms with E-state index in [0.717, 1.165) is 11.4 Å². The van der Waals surface area contributed by atoms with Crippen molar-refractivity contribution in [3.63, 3.8) is 0 Å². The average molecular weight is 390 g/mol. The lowest BCUT2D eigenvalue weighted by Gasteiger charge is -2.11. The van der Waals surface area contributed by atoms with Crippen molar-refractivity contribution in [2.24, 2.45) is 10.2 Å². The summed E-state index contributed by atoms with van der Waals surface area (Å²) >= 11 is 0. The normalized spacial score (nSPS) is 10.8. The molecule has 3 N–H and O–H groups in total. The topological polar surface area (TPSA) is 97.5 Å². The second-order valence-corrected chi connectivity index (χ2v) is 6.66. The standard InChI is InChI=1S/C22H22N4O3/c1-26(2)19-10-8-18(9-11-19)25-24-17-6-4-16(5-7-17)22(29)23-14-15-3-12-20(27)21(28)13-15/h3-13,27-28H,14H2,1-2H3,(H,23,29)/b25-24+. The van der Waals surface area contributed by atoms with Gasteiger partial charge in [-0.25, -0.2) is 0 Å².